The number of H-pyrrole nitrogens is 1. The highest BCUT2D eigenvalue weighted by Gasteiger charge is 2.29. The van der Waals surface area contributed by atoms with Crippen LogP contribution < -0.4 is 11.0 Å². The van der Waals surface area contributed by atoms with Gasteiger partial charge in [0.25, 0.3) is 0 Å². The Morgan fingerprint density at radius 3 is 2.84 bits per heavy atom. The summed E-state index contributed by atoms with van der Waals surface area (Å²) in [6.07, 6.45) is 1.86. The predicted molar refractivity (Wildman–Crippen MR) is 67.1 cm³/mol. The highest BCUT2D eigenvalue weighted by molar-refractivity contribution is 7.99. The summed E-state index contributed by atoms with van der Waals surface area (Å²) in [6.45, 7) is 1.26. The molecule has 1 aromatic heterocycles. The number of rotatable bonds is 6. The number of nitrogens with one attached hydrogen (secondary N) is 2. The van der Waals surface area contributed by atoms with Crippen LogP contribution in [0.2, 0.25) is 0 Å². The van der Waals surface area contributed by atoms with Crippen LogP contribution in [0.3, 0.4) is 0 Å². The van der Waals surface area contributed by atoms with E-state index in [1.807, 2.05) is 0 Å². The first-order chi connectivity index (χ1) is 8.99. The van der Waals surface area contributed by atoms with Gasteiger partial charge < -0.3 is 10.4 Å². The average Bonchev–Trinajstić information content (AvgIpc) is 3.08. The summed E-state index contributed by atoms with van der Waals surface area (Å²) >= 11 is 1.14. The minimum absolute atomic E-state index is 0.117. The largest absolute Gasteiger partial charge is 0.480 e. The van der Waals surface area contributed by atoms with E-state index in [4.69, 9.17) is 5.11 Å². The number of carbonyl (C=O) groups excluding carboxylic acids is 1. The molecular formula is C10H14N4O4S. The Morgan fingerprint density at radius 1 is 1.63 bits per heavy atom. The number of carbonyl (C=O) groups is 2. The van der Waals surface area contributed by atoms with Crippen molar-refractivity contribution in [3.63, 3.8) is 0 Å². The molecule has 1 aromatic rings. The van der Waals surface area contributed by atoms with Crippen molar-refractivity contribution in [1.82, 2.24) is 20.1 Å². The van der Waals surface area contributed by atoms with Gasteiger partial charge in [-0.05, 0) is 12.8 Å². The normalized spacial score (nSPS) is 16.1. The van der Waals surface area contributed by atoms with E-state index in [1.54, 1.807) is 0 Å². The first-order valence-corrected chi connectivity index (χ1v) is 6.77. The Bertz CT molecular complexity index is 548. The maximum atomic E-state index is 11.5. The van der Waals surface area contributed by atoms with Crippen LogP contribution in [0.4, 0.5) is 0 Å². The van der Waals surface area contributed by atoms with Gasteiger partial charge in [-0.25, -0.2) is 14.7 Å². The van der Waals surface area contributed by atoms with Crippen molar-refractivity contribution in [3.05, 3.63) is 10.5 Å². The molecule has 1 saturated carbocycles. The number of aliphatic carboxylic acids is 1. The number of nitrogens with zero attached hydrogens (tertiary/aromatic N) is 2. The lowest BCUT2D eigenvalue weighted by atomic mass is 10.3. The maximum Gasteiger partial charge on any atom is 0.344 e. The van der Waals surface area contributed by atoms with E-state index in [9.17, 15) is 14.4 Å². The van der Waals surface area contributed by atoms with Crippen LogP contribution in [-0.4, -0.2) is 43.5 Å². The molecule has 0 saturated heterocycles. The van der Waals surface area contributed by atoms with Crippen LogP contribution in [0, 0.1) is 0 Å². The molecule has 1 unspecified atom stereocenters. The van der Waals surface area contributed by atoms with E-state index in [-0.39, 0.29) is 17.5 Å². The highest BCUT2D eigenvalue weighted by atomic mass is 32.2. The molecule has 0 spiro atoms. The second-order valence-corrected chi connectivity index (χ2v) is 5.30. The van der Waals surface area contributed by atoms with Gasteiger partial charge in [-0.3, -0.25) is 9.36 Å². The van der Waals surface area contributed by atoms with E-state index >= 15 is 0 Å². The summed E-state index contributed by atoms with van der Waals surface area (Å²) < 4.78 is 1.54. The smallest absolute Gasteiger partial charge is 0.344 e. The third kappa shape index (κ3) is 3.37. The second kappa shape index (κ2) is 5.47. The third-order valence-corrected chi connectivity index (χ3v) is 3.68. The Kier molecular flexibility index (Phi) is 3.93. The van der Waals surface area contributed by atoms with Crippen molar-refractivity contribution in [1.29, 1.82) is 0 Å². The molecule has 8 nitrogen and oxygen atoms in total. The van der Waals surface area contributed by atoms with Crippen molar-refractivity contribution in [2.45, 2.75) is 37.0 Å². The van der Waals surface area contributed by atoms with Crippen molar-refractivity contribution in [2.75, 3.05) is 5.75 Å². The number of aromatic amines is 1. The lowest BCUT2D eigenvalue weighted by Gasteiger charge is -2.12. The molecule has 0 aromatic carbocycles. The van der Waals surface area contributed by atoms with Crippen molar-refractivity contribution in [3.8, 4) is 0 Å². The molecule has 1 aliphatic carbocycles. The first-order valence-electron chi connectivity index (χ1n) is 5.78. The molecule has 0 bridgehead atoms. The predicted octanol–water partition coefficient (Wildman–Crippen LogP) is -0.412. The van der Waals surface area contributed by atoms with Crippen LogP contribution in [-0.2, 0) is 9.59 Å². The standard InChI is InChI=1S/C10H14N4O4S/c1-5(15)11-7(8(16)17)4-19-10-13-12-9(18)14(10)6-2-3-6/h6-7H,2-4H2,1H3,(H,11,15)(H,12,18)(H,16,17). The van der Waals surface area contributed by atoms with Gasteiger partial charge in [0.1, 0.15) is 6.04 Å². The number of aromatic nitrogens is 3. The van der Waals surface area contributed by atoms with Crippen molar-refractivity contribution in [2.24, 2.45) is 0 Å². The van der Waals surface area contributed by atoms with Crippen LogP contribution in [0.1, 0.15) is 25.8 Å². The summed E-state index contributed by atoms with van der Waals surface area (Å²) in [4.78, 5) is 33.4. The molecule has 104 valence electrons. The molecular weight excluding hydrogens is 272 g/mol. The first kappa shape index (κ1) is 13.7. The summed E-state index contributed by atoms with van der Waals surface area (Å²) in [5.41, 5.74) is -0.281. The van der Waals surface area contributed by atoms with Crippen LogP contribution in [0.5, 0.6) is 0 Å². The lowest BCUT2D eigenvalue weighted by molar-refractivity contribution is -0.140. The van der Waals surface area contributed by atoms with Gasteiger partial charge in [-0.15, -0.1) is 5.10 Å². The van der Waals surface area contributed by atoms with Crippen LogP contribution >= 0.6 is 11.8 Å². The van der Waals surface area contributed by atoms with Crippen molar-refractivity contribution >= 4 is 23.6 Å². The fourth-order valence-corrected chi connectivity index (χ4v) is 2.65. The molecule has 1 heterocycles. The van der Waals surface area contributed by atoms with Gasteiger partial charge in [-0.2, -0.15) is 0 Å². The van der Waals surface area contributed by atoms with Crippen molar-refractivity contribution < 1.29 is 14.7 Å². The summed E-state index contributed by atoms with van der Waals surface area (Å²) in [7, 11) is 0. The molecule has 0 radical (unpaired) electrons. The number of carboxylic acids is 1. The molecule has 19 heavy (non-hydrogen) atoms. The van der Waals surface area contributed by atoms with E-state index < -0.39 is 17.9 Å². The molecule has 1 fully saturated rings. The number of thioether (sulfide) groups is 1. The molecule has 2 rings (SSSR count). The number of hydrogen-bond acceptors (Lipinski definition) is 5. The average molecular weight is 286 g/mol. The Labute approximate surface area is 112 Å². The summed E-state index contributed by atoms with van der Waals surface area (Å²) in [5.74, 6) is -1.40. The second-order valence-electron chi connectivity index (χ2n) is 4.31. The van der Waals surface area contributed by atoms with E-state index in [0.717, 1.165) is 24.6 Å². The Balaban J connectivity index is 2.02. The van der Waals surface area contributed by atoms with E-state index in [1.165, 1.54) is 11.5 Å². The molecule has 1 amide bonds. The minimum atomic E-state index is -1.11. The van der Waals surface area contributed by atoms with E-state index in [0.29, 0.717) is 5.16 Å². The van der Waals surface area contributed by atoms with Gasteiger partial charge in [0.15, 0.2) is 5.16 Å². The van der Waals surface area contributed by atoms with Gasteiger partial charge >= 0.3 is 11.7 Å². The molecule has 0 aliphatic heterocycles. The topological polar surface area (TPSA) is 117 Å². The monoisotopic (exact) mass is 286 g/mol. The number of hydrogen-bond donors (Lipinski definition) is 3. The molecule has 3 N–H and O–H groups in total. The van der Waals surface area contributed by atoms with Gasteiger partial charge in [0.2, 0.25) is 5.91 Å². The quantitative estimate of drug-likeness (QED) is 0.612. The Morgan fingerprint density at radius 2 is 2.32 bits per heavy atom. The number of amides is 1. The summed E-state index contributed by atoms with van der Waals surface area (Å²) in [6, 6.07) is -0.834. The van der Waals surface area contributed by atoms with E-state index in [2.05, 4.69) is 15.5 Å². The van der Waals surface area contributed by atoms with Gasteiger partial charge in [-0.1, -0.05) is 11.8 Å². The summed E-state index contributed by atoms with van der Waals surface area (Å²) in [5, 5.41) is 18.0. The molecule has 1 aliphatic rings. The zero-order valence-electron chi connectivity index (χ0n) is 10.3. The fourth-order valence-electron chi connectivity index (χ4n) is 1.62. The Hall–Kier alpha value is -1.77. The lowest BCUT2D eigenvalue weighted by Crippen LogP contribution is -2.41. The third-order valence-electron chi connectivity index (χ3n) is 2.64. The zero-order valence-corrected chi connectivity index (χ0v) is 11.1. The fraction of sp³-hybridized carbons (Fsp3) is 0.600. The van der Waals surface area contributed by atoms with Crippen LogP contribution in [0.25, 0.3) is 0 Å². The van der Waals surface area contributed by atoms with Gasteiger partial charge in [0, 0.05) is 18.7 Å². The number of carboxylic acid groups (broad SMARTS) is 1. The molecule has 1 atom stereocenters. The molecule has 9 heteroatoms. The SMILES string of the molecule is CC(=O)NC(CSc1n[nH]c(=O)n1C1CC1)C(=O)O. The zero-order chi connectivity index (χ0) is 14.0. The maximum absolute atomic E-state index is 11.5. The van der Waals surface area contributed by atoms with Gasteiger partial charge in [0.05, 0.1) is 0 Å². The highest BCUT2D eigenvalue weighted by Crippen LogP contribution is 2.36. The minimum Gasteiger partial charge on any atom is -0.480 e. The van der Waals surface area contributed by atoms with Crippen LogP contribution in [0.15, 0.2) is 9.95 Å².